The summed E-state index contributed by atoms with van der Waals surface area (Å²) in [6.45, 7) is 2.09. The predicted octanol–water partition coefficient (Wildman–Crippen LogP) is 2.85. The molecule has 0 amide bonds. The van der Waals surface area contributed by atoms with Gasteiger partial charge in [-0.25, -0.2) is 4.21 Å². The second kappa shape index (κ2) is 5.38. The maximum Gasteiger partial charge on any atom is 0.113 e. The molecule has 1 atom stereocenters. The van der Waals surface area contributed by atoms with Gasteiger partial charge in [0.1, 0.15) is 9.83 Å². The van der Waals surface area contributed by atoms with E-state index < -0.39 is 9.83 Å². The molecule has 0 bridgehead atoms. The molecule has 0 aliphatic rings. The standard InChI is InChI=1S/C9H12OS2/c1-2-8-11-12(10)9-6-4-3-5-7-9/h3-7H,2,8H2,1H3. The van der Waals surface area contributed by atoms with Crippen LogP contribution in [0.2, 0.25) is 0 Å². The van der Waals surface area contributed by atoms with Crippen molar-refractivity contribution in [3.8, 4) is 0 Å². The van der Waals surface area contributed by atoms with Crippen molar-refractivity contribution in [2.24, 2.45) is 0 Å². The largest absolute Gasteiger partial charge is 0.243 e. The first-order chi connectivity index (χ1) is 5.84. The minimum Gasteiger partial charge on any atom is -0.243 e. The maximum atomic E-state index is 11.5. The first-order valence-electron chi connectivity index (χ1n) is 3.94. The van der Waals surface area contributed by atoms with E-state index in [0.29, 0.717) is 0 Å². The van der Waals surface area contributed by atoms with Gasteiger partial charge in [0, 0.05) is 10.6 Å². The van der Waals surface area contributed by atoms with Crippen molar-refractivity contribution in [2.45, 2.75) is 18.2 Å². The molecule has 0 fully saturated rings. The minimum atomic E-state index is -0.867. The Labute approximate surface area is 79.4 Å². The summed E-state index contributed by atoms with van der Waals surface area (Å²) >= 11 is 0. The lowest BCUT2D eigenvalue weighted by Gasteiger charge is -1.98. The first-order valence-corrected chi connectivity index (χ1v) is 6.60. The molecule has 0 spiro atoms. The Bertz CT molecular complexity index is 246. The van der Waals surface area contributed by atoms with Gasteiger partial charge in [0.15, 0.2) is 0 Å². The summed E-state index contributed by atoms with van der Waals surface area (Å²) in [5, 5.41) is 0. The second-order valence-corrected chi connectivity index (χ2v) is 5.57. The van der Waals surface area contributed by atoms with Crippen LogP contribution in [0, 0.1) is 0 Å². The third kappa shape index (κ3) is 2.99. The van der Waals surface area contributed by atoms with Gasteiger partial charge in [-0.3, -0.25) is 0 Å². The van der Waals surface area contributed by atoms with Crippen LogP contribution in [0.4, 0.5) is 0 Å². The van der Waals surface area contributed by atoms with Crippen LogP contribution in [0.1, 0.15) is 13.3 Å². The highest BCUT2D eigenvalue weighted by Crippen LogP contribution is 2.18. The van der Waals surface area contributed by atoms with Crippen molar-refractivity contribution in [1.29, 1.82) is 0 Å². The van der Waals surface area contributed by atoms with Crippen LogP contribution in [0.5, 0.6) is 0 Å². The maximum absolute atomic E-state index is 11.5. The number of hydrogen-bond acceptors (Lipinski definition) is 2. The van der Waals surface area contributed by atoms with Crippen molar-refractivity contribution in [1.82, 2.24) is 0 Å². The zero-order valence-corrected chi connectivity index (χ0v) is 8.66. The lowest BCUT2D eigenvalue weighted by molar-refractivity contribution is 0.691. The molecule has 0 aromatic heterocycles. The van der Waals surface area contributed by atoms with Crippen molar-refractivity contribution in [3.05, 3.63) is 30.3 Å². The van der Waals surface area contributed by atoms with Gasteiger partial charge in [-0.2, -0.15) is 0 Å². The lowest BCUT2D eigenvalue weighted by Crippen LogP contribution is -1.86. The van der Waals surface area contributed by atoms with Crippen LogP contribution in [-0.4, -0.2) is 9.96 Å². The molecule has 0 N–H and O–H groups in total. The summed E-state index contributed by atoms with van der Waals surface area (Å²) < 4.78 is 11.5. The van der Waals surface area contributed by atoms with E-state index >= 15 is 0 Å². The highest BCUT2D eigenvalue weighted by Gasteiger charge is 2.01. The fourth-order valence-corrected chi connectivity index (χ4v) is 3.29. The van der Waals surface area contributed by atoms with Crippen molar-refractivity contribution in [3.63, 3.8) is 0 Å². The third-order valence-electron chi connectivity index (χ3n) is 1.33. The molecule has 1 aromatic carbocycles. The highest BCUT2D eigenvalue weighted by molar-refractivity contribution is 8.69. The molecule has 12 heavy (non-hydrogen) atoms. The molecule has 0 saturated carbocycles. The van der Waals surface area contributed by atoms with Crippen LogP contribution in [-0.2, 0) is 9.83 Å². The van der Waals surface area contributed by atoms with Gasteiger partial charge in [-0.05, 0) is 18.6 Å². The number of rotatable bonds is 4. The van der Waals surface area contributed by atoms with E-state index in [1.807, 2.05) is 30.3 Å². The molecule has 0 aliphatic carbocycles. The smallest absolute Gasteiger partial charge is 0.113 e. The van der Waals surface area contributed by atoms with E-state index in [9.17, 15) is 4.21 Å². The Kier molecular flexibility index (Phi) is 4.40. The van der Waals surface area contributed by atoms with Crippen LogP contribution in [0.3, 0.4) is 0 Å². The van der Waals surface area contributed by atoms with Crippen LogP contribution in [0.25, 0.3) is 0 Å². The first kappa shape index (κ1) is 9.81. The Balaban J connectivity index is 2.54. The van der Waals surface area contributed by atoms with Crippen LogP contribution in [0.15, 0.2) is 35.2 Å². The predicted molar refractivity (Wildman–Crippen MR) is 55.6 cm³/mol. The Hall–Kier alpha value is -0.280. The normalized spacial score (nSPS) is 12.8. The van der Waals surface area contributed by atoms with E-state index in [4.69, 9.17) is 0 Å². The third-order valence-corrected chi connectivity index (χ3v) is 4.50. The van der Waals surface area contributed by atoms with Crippen LogP contribution < -0.4 is 0 Å². The van der Waals surface area contributed by atoms with E-state index in [-0.39, 0.29) is 0 Å². The van der Waals surface area contributed by atoms with E-state index in [2.05, 4.69) is 6.92 Å². The quantitative estimate of drug-likeness (QED) is 0.695. The molecular weight excluding hydrogens is 188 g/mol. The topological polar surface area (TPSA) is 17.1 Å². The van der Waals surface area contributed by atoms with E-state index in [0.717, 1.165) is 17.1 Å². The molecule has 1 rings (SSSR count). The molecule has 66 valence electrons. The fraction of sp³-hybridized carbons (Fsp3) is 0.333. The summed E-state index contributed by atoms with van der Waals surface area (Å²) in [5.41, 5.74) is 0. The summed E-state index contributed by atoms with van der Waals surface area (Å²) in [7, 11) is 0.635. The van der Waals surface area contributed by atoms with E-state index in [1.165, 1.54) is 10.8 Å². The van der Waals surface area contributed by atoms with Gasteiger partial charge in [0.2, 0.25) is 0 Å². The Morgan fingerprint density at radius 2 is 2.00 bits per heavy atom. The summed E-state index contributed by atoms with van der Waals surface area (Å²) in [5.74, 6) is 0.960. The van der Waals surface area contributed by atoms with Gasteiger partial charge >= 0.3 is 0 Å². The van der Waals surface area contributed by atoms with Crippen LogP contribution >= 0.6 is 10.8 Å². The second-order valence-electron chi connectivity index (χ2n) is 2.37. The van der Waals surface area contributed by atoms with Gasteiger partial charge in [-0.15, -0.1) is 0 Å². The summed E-state index contributed by atoms with van der Waals surface area (Å²) in [6.07, 6.45) is 1.07. The highest BCUT2D eigenvalue weighted by atomic mass is 33.1. The Morgan fingerprint density at radius 3 is 2.58 bits per heavy atom. The fourth-order valence-electron chi connectivity index (χ4n) is 0.759. The van der Waals surface area contributed by atoms with Gasteiger partial charge in [0.25, 0.3) is 0 Å². The average molecular weight is 200 g/mol. The molecule has 0 radical (unpaired) electrons. The number of benzene rings is 1. The molecule has 1 nitrogen and oxygen atoms in total. The average Bonchev–Trinajstić information content (AvgIpc) is 2.15. The molecule has 1 unspecified atom stereocenters. The van der Waals surface area contributed by atoms with Gasteiger partial charge in [0.05, 0.1) is 0 Å². The lowest BCUT2D eigenvalue weighted by atomic mass is 10.4. The zero-order valence-electron chi connectivity index (χ0n) is 7.03. The van der Waals surface area contributed by atoms with Gasteiger partial charge < -0.3 is 0 Å². The molecule has 0 heterocycles. The van der Waals surface area contributed by atoms with Crippen molar-refractivity contribution >= 4 is 20.6 Å². The molecule has 0 saturated heterocycles. The number of hydrogen-bond donors (Lipinski definition) is 0. The van der Waals surface area contributed by atoms with Crippen molar-refractivity contribution < 1.29 is 4.21 Å². The summed E-state index contributed by atoms with van der Waals surface area (Å²) in [4.78, 5) is 0.913. The molecular formula is C9H12OS2. The minimum absolute atomic E-state index is 0.867. The molecule has 0 aliphatic heterocycles. The zero-order chi connectivity index (χ0) is 8.81. The SMILES string of the molecule is CCCSS(=O)c1ccccc1. The molecule has 3 heteroatoms. The van der Waals surface area contributed by atoms with Crippen molar-refractivity contribution in [2.75, 3.05) is 5.75 Å². The molecule has 1 aromatic rings. The summed E-state index contributed by atoms with van der Waals surface area (Å²) in [6, 6.07) is 9.57. The Morgan fingerprint density at radius 1 is 1.33 bits per heavy atom. The van der Waals surface area contributed by atoms with Gasteiger partial charge in [-0.1, -0.05) is 35.9 Å². The van der Waals surface area contributed by atoms with E-state index in [1.54, 1.807) is 0 Å². The monoisotopic (exact) mass is 200 g/mol.